The molecular weight excluding hydrogens is 1350 g/mol. The van der Waals surface area contributed by atoms with Gasteiger partial charge in [0.1, 0.15) is 36.3 Å². The number of fused-ring (bicyclic) bond motifs is 2. The first-order chi connectivity index (χ1) is 49.5. The first kappa shape index (κ1) is 74.6. The summed E-state index contributed by atoms with van der Waals surface area (Å²) < 4.78 is 70.5. The van der Waals surface area contributed by atoms with E-state index < -0.39 is 17.6 Å². The van der Waals surface area contributed by atoms with Gasteiger partial charge in [-0.25, -0.2) is 8.78 Å². The number of ether oxygens (including phenoxy) is 7. The molecule has 0 bridgehead atoms. The summed E-state index contributed by atoms with van der Waals surface area (Å²) >= 11 is 2.87. The summed E-state index contributed by atoms with van der Waals surface area (Å²) in [7, 11) is 0. The first-order valence-electron chi connectivity index (χ1n) is 34.9. The van der Waals surface area contributed by atoms with Crippen LogP contribution < -0.4 is 9.47 Å². The minimum atomic E-state index is -0.944. The Hall–Kier alpha value is -8.60. The summed E-state index contributed by atoms with van der Waals surface area (Å²) in [6, 6.07) is 24.1. The lowest BCUT2D eigenvalue weighted by molar-refractivity contribution is -0.150. The van der Waals surface area contributed by atoms with Crippen molar-refractivity contribution in [2.75, 3.05) is 98.7 Å². The van der Waals surface area contributed by atoms with Gasteiger partial charge in [-0.05, 0) is 128 Å². The number of carboxylic acid groups (broad SMARTS) is 1. The van der Waals surface area contributed by atoms with Gasteiger partial charge in [0.25, 0.3) is 0 Å². The third-order valence-corrected chi connectivity index (χ3v) is 20.0. The van der Waals surface area contributed by atoms with Gasteiger partial charge < -0.3 is 48.1 Å². The molecule has 2 aromatic carbocycles. The molecule has 26 heteroatoms. The average molecular weight is 1440 g/mol. The fourth-order valence-electron chi connectivity index (χ4n) is 11.8. The minimum Gasteiger partial charge on any atom is -0.480 e. The summed E-state index contributed by atoms with van der Waals surface area (Å²) in [6.07, 6.45) is 14.6. The molecule has 0 atom stereocenters. The Bertz CT molecular complexity index is 4180. The number of nitrogens with zero attached hydrogens (tertiary/aromatic N) is 8. The van der Waals surface area contributed by atoms with E-state index in [4.69, 9.17) is 38.1 Å². The summed E-state index contributed by atoms with van der Waals surface area (Å²) in [6.45, 7) is 11.7. The van der Waals surface area contributed by atoms with Crippen molar-refractivity contribution in [1.82, 2.24) is 39.5 Å². The van der Waals surface area contributed by atoms with Crippen molar-refractivity contribution < 1.29 is 75.8 Å². The number of hydrogen-bond acceptors (Lipinski definition) is 21. The maximum absolute atomic E-state index is 15.1. The van der Waals surface area contributed by atoms with Crippen molar-refractivity contribution in [2.45, 2.75) is 110 Å². The Kier molecular flexibility index (Phi) is 26.7. The van der Waals surface area contributed by atoms with Crippen LogP contribution in [0.1, 0.15) is 94.4 Å². The zero-order valence-electron chi connectivity index (χ0n) is 57.7. The molecule has 0 unspecified atom stereocenters. The number of Topliss-reactive ketones (excluding diaryl/α,β-unsaturated/α-hetero) is 2. The maximum Gasteiger partial charge on any atom is 0.320 e. The molecule has 22 nitrogen and oxygen atoms in total. The molecule has 2 saturated heterocycles. The molecule has 12 rings (SSSR count). The molecule has 0 spiro atoms. The van der Waals surface area contributed by atoms with Crippen LogP contribution in [-0.2, 0) is 78.4 Å². The van der Waals surface area contributed by atoms with Crippen LogP contribution in [-0.4, -0.2) is 191 Å². The van der Waals surface area contributed by atoms with Crippen molar-refractivity contribution in [3.8, 4) is 44.1 Å². The number of thiophene rings is 2. The molecule has 4 aliphatic rings. The molecule has 4 fully saturated rings. The van der Waals surface area contributed by atoms with Gasteiger partial charge in [-0.15, -0.1) is 22.7 Å². The lowest BCUT2D eigenvalue weighted by Crippen LogP contribution is -2.62. The largest absolute Gasteiger partial charge is 0.480 e. The van der Waals surface area contributed by atoms with Gasteiger partial charge in [0.2, 0.25) is 11.8 Å². The number of halogens is 2. The third kappa shape index (κ3) is 21.5. The number of rotatable bonds is 39. The average Bonchev–Trinajstić information content (AvgIpc) is 0.953. The smallest absolute Gasteiger partial charge is 0.320 e. The summed E-state index contributed by atoms with van der Waals surface area (Å²) in [4.78, 5) is 101. The lowest BCUT2D eigenvalue weighted by Gasteiger charge is -2.45. The first-order valence-corrected chi connectivity index (χ1v) is 36.5. The number of benzene rings is 2. The maximum atomic E-state index is 15.1. The van der Waals surface area contributed by atoms with Gasteiger partial charge in [-0.2, -0.15) is 0 Å². The Balaban J connectivity index is 0.000000205. The third-order valence-electron chi connectivity index (χ3n) is 17.7. The van der Waals surface area contributed by atoms with Crippen molar-refractivity contribution in [3.05, 3.63) is 144 Å². The van der Waals surface area contributed by atoms with Crippen LogP contribution in [0.4, 0.5) is 8.78 Å². The predicted octanol–water partition coefficient (Wildman–Crippen LogP) is 12.0. The molecule has 8 heterocycles. The van der Waals surface area contributed by atoms with Gasteiger partial charge >= 0.3 is 11.9 Å². The molecule has 2 saturated carbocycles. The highest BCUT2D eigenvalue weighted by Crippen LogP contribution is 2.42. The van der Waals surface area contributed by atoms with E-state index >= 15 is 8.78 Å². The molecular formula is C76H86F2N8O14S2. The number of hydrogen-bond donors (Lipinski definition) is 1. The second kappa shape index (κ2) is 36.5. The number of carbonyl (C=O) groups excluding carboxylic acids is 5. The second-order valence-electron chi connectivity index (χ2n) is 26.1. The van der Waals surface area contributed by atoms with Crippen LogP contribution in [0.3, 0.4) is 0 Å². The zero-order chi connectivity index (χ0) is 71.5. The standard InChI is InChI=1S/C39H45FN4O7S.C37H41FN4O7S/c1-3-13-48-14-15-49-25-37(46)44-22-29(23-44)43(24-38(47)50-4-2)21-28-7-9-32(42-20-28)36-19-33-39(52-36)35(11-12-41-33)51-34-10-8-27(18-31(34)40)17-30(45)16-26-5-6-26;1-2-11-47-12-13-48-23-35(44)42-20-27(21-42)41(22-36(45)46)19-26-5-7-30(40-18-26)34-17-31-37(50-34)33(9-10-39-31)49-32-8-6-25(16-29(32)38)15-28(43)14-24-3-4-24/h7-12,18-20,26,29H,3-6,13-17,21-25H2,1-2H3;5-10,16-18,24,27H,2-4,11-15,19-23H2,1H3,(H,45,46). The van der Waals surface area contributed by atoms with Gasteiger partial charge in [-0.3, -0.25) is 58.5 Å². The van der Waals surface area contributed by atoms with E-state index in [9.17, 15) is 33.9 Å². The number of likely N-dealkylation sites (tertiary alicyclic amines) is 2. The van der Waals surface area contributed by atoms with E-state index in [1.807, 2.05) is 60.0 Å². The Morgan fingerprint density at radius 3 is 1.34 bits per heavy atom. The monoisotopic (exact) mass is 1440 g/mol. The van der Waals surface area contributed by atoms with Gasteiger partial charge in [0.15, 0.2) is 23.1 Å². The summed E-state index contributed by atoms with van der Waals surface area (Å²) in [5, 5.41) is 9.56. The van der Waals surface area contributed by atoms with E-state index in [0.29, 0.717) is 143 Å². The van der Waals surface area contributed by atoms with Crippen molar-refractivity contribution in [2.24, 2.45) is 11.8 Å². The van der Waals surface area contributed by atoms with Crippen LogP contribution >= 0.6 is 22.7 Å². The molecule has 540 valence electrons. The van der Waals surface area contributed by atoms with Crippen LogP contribution in [0.25, 0.3) is 41.6 Å². The molecule has 2 aliphatic carbocycles. The van der Waals surface area contributed by atoms with Crippen LogP contribution in [0.2, 0.25) is 0 Å². The number of amides is 2. The Morgan fingerprint density at radius 2 is 0.951 bits per heavy atom. The van der Waals surface area contributed by atoms with E-state index in [1.165, 1.54) is 34.8 Å². The Labute approximate surface area is 599 Å². The SMILES string of the molecule is CCCOCCOCC(=O)N1CC(N(CC(=O)O)Cc2ccc(-c3cc4nccc(Oc5ccc(CC(=O)CC6CC6)cc5F)c4s3)nc2)C1.CCCOCCOCC(=O)N1CC(N(CC(=O)OCC)Cc2ccc(-c3cc4nccc(Oc5ccc(CC(=O)CC6CC6)cc5F)c4s3)nc2)C1. The number of carboxylic acids is 1. The normalized spacial score (nSPS) is 14.6. The highest BCUT2D eigenvalue weighted by atomic mass is 32.1. The van der Waals surface area contributed by atoms with E-state index in [-0.39, 0.29) is 98.7 Å². The van der Waals surface area contributed by atoms with Crippen LogP contribution in [0.5, 0.6) is 23.0 Å². The van der Waals surface area contributed by atoms with Gasteiger partial charge in [-0.1, -0.05) is 38.1 Å². The van der Waals surface area contributed by atoms with Crippen molar-refractivity contribution in [1.29, 1.82) is 0 Å². The fourth-order valence-corrected chi connectivity index (χ4v) is 13.9. The number of ketones is 2. The highest BCUT2D eigenvalue weighted by Gasteiger charge is 2.38. The molecule has 2 aliphatic heterocycles. The number of pyridine rings is 4. The van der Waals surface area contributed by atoms with E-state index in [0.717, 1.165) is 74.5 Å². The minimum absolute atomic E-state index is 0.000218. The molecule has 8 aromatic rings. The fraction of sp³-hybridized carbons (Fsp3) is 0.447. The summed E-state index contributed by atoms with van der Waals surface area (Å²) in [5.74, 6) is -0.177. The predicted molar refractivity (Wildman–Crippen MR) is 380 cm³/mol. The highest BCUT2D eigenvalue weighted by molar-refractivity contribution is 7.23. The number of aliphatic carboxylic acids is 1. The van der Waals surface area contributed by atoms with Crippen molar-refractivity contribution >= 4 is 78.4 Å². The van der Waals surface area contributed by atoms with Gasteiger partial charge in [0, 0.05) is 127 Å². The molecule has 102 heavy (non-hydrogen) atoms. The molecule has 0 radical (unpaired) electrons. The number of carbonyl (C=O) groups is 6. The Morgan fingerprint density at radius 1 is 0.520 bits per heavy atom. The van der Waals surface area contributed by atoms with E-state index in [2.05, 4.69) is 15.0 Å². The molecule has 6 aromatic heterocycles. The number of aromatic nitrogens is 4. The summed E-state index contributed by atoms with van der Waals surface area (Å²) in [5.41, 5.74) is 5.85. The van der Waals surface area contributed by atoms with Crippen molar-refractivity contribution in [3.63, 3.8) is 0 Å². The topological polar surface area (TPSA) is 252 Å². The number of esters is 1. The zero-order valence-corrected chi connectivity index (χ0v) is 59.3. The quantitative estimate of drug-likeness (QED) is 0.0278. The molecule has 1 N–H and O–H groups in total. The van der Waals surface area contributed by atoms with E-state index in [1.54, 1.807) is 77.9 Å². The second-order valence-corrected chi connectivity index (χ2v) is 28.2. The van der Waals surface area contributed by atoms with Crippen LogP contribution in [0, 0.1) is 23.5 Å². The lowest BCUT2D eigenvalue weighted by atomic mass is 10.0. The van der Waals surface area contributed by atoms with Gasteiger partial charge in [0.05, 0.1) is 87.7 Å². The van der Waals surface area contributed by atoms with Crippen LogP contribution in [0.15, 0.2) is 110 Å². The molecule has 2 amide bonds.